The Labute approximate surface area is 664 Å². The van der Waals surface area contributed by atoms with Crippen molar-refractivity contribution in [1.82, 2.24) is 0 Å². The van der Waals surface area contributed by atoms with E-state index in [-0.39, 0.29) is 25.7 Å². The van der Waals surface area contributed by atoms with Gasteiger partial charge in [0.1, 0.15) is 19.3 Å². The zero-order valence-corrected chi connectivity index (χ0v) is 73.3. The minimum absolute atomic E-state index is 0.107. The largest absolute Gasteiger partial charge is 0.472 e. The van der Waals surface area contributed by atoms with Crippen LogP contribution < -0.4 is 0 Å². The second kappa shape index (κ2) is 77.6. The number of phosphoric acid groups is 2. The van der Waals surface area contributed by atoms with Gasteiger partial charge in [0, 0.05) is 25.7 Å². The van der Waals surface area contributed by atoms with Crippen LogP contribution in [0, 0.1) is 23.7 Å². The molecule has 108 heavy (non-hydrogen) atoms. The first-order valence-electron chi connectivity index (χ1n) is 45.8. The summed E-state index contributed by atoms with van der Waals surface area (Å²) in [5.74, 6) is 1.15. The molecule has 0 radical (unpaired) electrons. The van der Waals surface area contributed by atoms with Crippen LogP contribution in [0.3, 0.4) is 0 Å². The summed E-state index contributed by atoms with van der Waals surface area (Å²) < 4.78 is 69.0. The molecule has 5 unspecified atom stereocenters. The molecule has 0 rings (SSSR count). The molecule has 0 aliphatic carbocycles. The van der Waals surface area contributed by atoms with Crippen LogP contribution in [0.1, 0.15) is 466 Å². The number of esters is 4. The number of rotatable bonds is 86. The highest BCUT2D eigenvalue weighted by atomic mass is 31.2. The van der Waals surface area contributed by atoms with Crippen LogP contribution in [0.15, 0.2) is 0 Å². The normalized spacial score (nSPS) is 14.6. The Morgan fingerprint density at radius 3 is 0.657 bits per heavy atom. The predicted octanol–water partition coefficient (Wildman–Crippen LogP) is 27.1. The Morgan fingerprint density at radius 2 is 0.444 bits per heavy atom. The van der Waals surface area contributed by atoms with Crippen molar-refractivity contribution in [3.8, 4) is 0 Å². The molecule has 0 saturated heterocycles. The van der Waals surface area contributed by atoms with E-state index in [4.69, 9.17) is 37.0 Å². The molecule has 3 N–H and O–H groups in total. The molecule has 0 bridgehead atoms. The number of aliphatic hydroxyl groups is 1. The van der Waals surface area contributed by atoms with Crippen molar-refractivity contribution in [3.63, 3.8) is 0 Å². The Hall–Kier alpha value is -1.94. The summed E-state index contributed by atoms with van der Waals surface area (Å²) in [5.41, 5.74) is 0. The Kier molecular flexibility index (Phi) is 76.2. The number of unbranched alkanes of at least 4 members (excludes halogenated alkanes) is 49. The highest BCUT2D eigenvalue weighted by molar-refractivity contribution is 7.47. The zero-order valence-electron chi connectivity index (χ0n) is 71.5. The number of hydrogen-bond donors (Lipinski definition) is 3. The van der Waals surface area contributed by atoms with Crippen molar-refractivity contribution < 1.29 is 80.2 Å². The van der Waals surface area contributed by atoms with E-state index in [9.17, 15) is 43.2 Å². The summed E-state index contributed by atoms with van der Waals surface area (Å²) in [7, 11) is -9.93. The summed E-state index contributed by atoms with van der Waals surface area (Å²) in [6.45, 7) is 14.4. The Balaban J connectivity index is 5.22. The van der Waals surface area contributed by atoms with Gasteiger partial charge in [-0.2, -0.15) is 0 Å². The van der Waals surface area contributed by atoms with Crippen molar-refractivity contribution in [2.75, 3.05) is 39.6 Å². The molecule has 0 aliphatic rings. The summed E-state index contributed by atoms with van der Waals surface area (Å²) in [6, 6.07) is 0. The molecule has 0 aromatic rings. The third kappa shape index (κ3) is 78.0. The van der Waals surface area contributed by atoms with Gasteiger partial charge in [-0.05, 0) is 49.4 Å². The highest BCUT2D eigenvalue weighted by Crippen LogP contribution is 2.45. The van der Waals surface area contributed by atoms with Gasteiger partial charge in [0.2, 0.25) is 0 Å². The second-order valence-corrected chi connectivity index (χ2v) is 36.1. The molecule has 0 aromatic heterocycles. The lowest BCUT2D eigenvalue weighted by Crippen LogP contribution is -2.30. The minimum Gasteiger partial charge on any atom is -0.462 e. The predicted molar refractivity (Wildman–Crippen MR) is 446 cm³/mol. The van der Waals surface area contributed by atoms with Crippen LogP contribution in [0.2, 0.25) is 0 Å². The maximum Gasteiger partial charge on any atom is 0.472 e. The quantitative estimate of drug-likeness (QED) is 0.0222. The van der Waals surface area contributed by atoms with Gasteiger partial charge >= 0.3 is 39.5 Å². The summed E-state index contributed by atoms with van der Waals surface area (Å²) in [4.78, 5) is 73.3. The fourth-order valence-electron chi connectivity index (χ4n) is 13.8. The lowest BCUT2D eigenvalue weighted by atomic mass is 9.99. The average Bonchev–Trinajstić information content (AvgIpc) is 0.899. The fourth-order valence-corrected chi connectivity index (χ4v) is 15.3. The van der Waals surface area contributed by atoms with E-state index in [0.717, 1.165) is 120 Å². The molecule has 0 amide bonds. The maximum atomic E-state index is 13.2. The first-order chi connectivity index (χ1) is 52.2. The molecule has 0 fully saturated rings. The molecule has 8 atom stereocenters. The van der Waals surface area contributed by atoms with Gasteiger partial charge in [0.15, 0.2) is 12.2 Å². The van der Waals surface area contributed by atoms with Crippen LogP contribution in [0.5, 0.6) is 0 Å². The van der Waals surface area contributed by atoms with Crippen LogP contribution in [0.4, 0.5) is 0 Å². The number of carbonyl (C=O) groups excluding carboxylic acids is 4. The van der Waals surface area contributed by atoms with Crippen LogP contribution in [0.25, 0.3) is 0 Å². The first kappa shape index (κ1) is 106. The molecule has 642 valence electrons. The van der Waals surface area contributed by atoms with Gasteiger partial charge in [-0.25, -0.2) is 9.13 Å². The van der Waals surface area contributed by atoms with Crippen LogP contribution in [-0.4, -0.2) is 96.7 Å². The first-order valence-corrected chi connectivity index (χ1v) is 48.8. The van der Waals surface area contributed by atoms with E-state index in [0.29, 0.717) is 25.7 Å². The van der Waals surface area contributed by atoms with E-state index in [1.165, 1.54) is 263 Å². The lowest BCUT2D eigenvalue weighted by molar-refractivity contribution is -0.161. The number of aliphatic hydroxyl groups excluding tert-OH is 1. The monoisotopic (exact) mass is 1580 g/mol. The highest BCUT2D eigenvalue weighted by Gasteiger charge is 2.31. The maximum absolute atomic E-state index is 13.2. The minimum atomic E-state index is -4.97. The van der Waals surface area contributed by atoms with Crippen molar-refractivity contribution in [2.24, 2.45) is 23.7 Å². The smallest absolute Gasteiger partial charge is 0.462 e. The zero-order chi connectivity index (χ0) is 79.5. The summed E-state index contributed by atoms with van der Waals surface area (Å²) in [5, 5.41) is 10.7. The number of phosphoric ester groups is 2. The molecule has 19 heteroatoms. The number of carbonyl (C=O) groups is 4. The lowest BCUT2D eigenvalue weighted by Gasteiger charge is -2.21. The molecule has 17 nitrogen and oxygen atoms in total. The van der Waals surface area contributed by atoms with Crippen molar-refractivity contribution in [1.29, 1.82) is 0 Å². The molecular weight excluding hydrogens is 1400 g/mol. The average molecular weight is 1580 g/mol. The molecular formula is C89H174O17P2. The van der Waals surface area contributed by atoms with E-state index in [1.54, 1.807) is 0 Å². The SMILES string of the molecule is CCC(C)CCCCCCCCCCCCCCCCCCCCC(=O)OC[C@H](COP(=O)(O)OC[C@@H](O)COP(=O)(O)OC[C@@H](COC(=O)CCCCCCCCC(C)CC)OC(=O)CCCCCCCCCCCCCCCCCC(C)C)OC(=O)CCCCCCCCCCCCCCCCC(C)CC. The van der Waals surface area contributed by atoms with Gasteiger partial charge in [0.25, 0.3) is 0 Å². The number of hydrogen-bond acceptors (Lipinski definition) is 15. The van der Waals surface area contributed by atoms with Crippen molar-refractivity contribution >= 4 is 39.5 Å². The molecule has 0 spiro atoms. The van der Waals surface area contributed by atoms with Crippen molar-refractivity contribution in [2.45, 2.75) is 485 Å². The molecule has 0 heterocycles. The molecule has 0 saturated carbocycles. The van der Waals surface area contributed by atoms with E-state index in [2.05, 4.69) is 55.4 Å². The van der Waals surface area contributed by atoms with E-state index >= 15 is 0 Å². The van der Waals surface area contributed by atoms with E-state index in [1.807, 2.05) is 0 Å². The summed E-state index contributed by atoms with van der Waals surface area (Å²) >= 11 is 0. The van der Waals surface area contributed by atoms with Gasteiger partial charge in [-0.3, -0.25) is 37.3 Å². The van der Waals surface area contributed by atoms with Gasteiger partial charge in [-0.1, -0.05) is 415 Å². The molecule has 0 aliphatic heterocycles. The standard InChI is InChI=1S/C89H174O17P2/c1-9-80(6)66-58-50-42-36-30-24-18-14-12-13-15-19-26-32-38-44-53-61-69-86(91)99-75-84(105-88(93)71-64-56-46-40-34-28-22-21-25-31-37-43-51-59-67-81(7)10-2)77-103-107(95,96)101-73-83(90)74-102-108(97,98)104-78-85(76-100-87(92)70-62-54-48-47-52-60-68-82(8)11-3)106-89(94)72-63-55-45-39-33-27-20-16-17-23-29-35-41-49-57-65-79(4)5/h79-85,90H,9-78H2,1-8H3,(H,95,96)(H,97,98)/t80?,81?,82?,83-,84-,85-/m1/s1. The molecule has 0 aromatic carbocycles. The van der Waals surface area contributed by atoms with Gasteiger partial charge in [-0.15, -0.1) is 0 Å². The number of ether oxygens (including phenoxy) is 4. The Morgan fingerprint density at radius 1 is 0.259 bits per heavy atom. The second-order valence-electron chi connectivity index (χ2n) is 33.2. The van der Waals surface area contributed by atoms with Crippen molar-refractivity contribution in [3.05, 3.63) is 0 Å². The fraction of sp³-hybridized carbons (Fsp3) is 0.955. The van der Waals surface area contributed by atoms with Gasteiger partial charge in [0.05, 0.1) is 26.4 Å². The third-order valence-electron chi connectivity index (χ3n) is 21.9. The third-order valence-corrected chi connectivity index (χ3v) is 23.8. The van der Waals surface area contributed by atoms with E-state index < -0.39 is 97.5 Å². The van der Waals surface area contributed by atoms with Crippen LogP contribution >= 0.6 is 15.6 Å². The van der Waals surface area contributed by atoms with Crippen LogP contribution in [-0.2, 0) is 65.4 Å². The topological polar surface area (TPSA) is 237 Å². The Bertz CT molecular complexity index is 2100. The summed E-state index contributed by atoms with van der Waals surface area (Å²) in [6.07, 6.45) is 68.0. The van der Waals surface area contributed by atoms with Gasteiger partial charge < -0.3 is 33.8 Å².